The van der Waals surface area contributed by atoms with Gasteiger partial charge in [0.05, 0.1) is 33.4 Å². The predicted molar refractivity (Wildman–Crippen MR) is 531 cm³/mol. The largest absolute Gasteiger partial charge is 0.456 e. The lowest BCUT2D eigenvalue weighted by atomic mass is 9.33. The van der Waals surface area contributed by atoms with Crippen LogP contribution in [0.25, 0.3) is 208 Å². The molecular formula is C118H83BN4O2. The van der Waals surface area contributed by atoms with Crippen molar-refractivity contribution in [1.29, 1.82) is 0 Å². The molecule has 6 heterocycles. The van der Waals surface area contributed by atoms with E-state index >= 15 is 0 Å². The maximum Gasteiger partial charge on any atom is 0.252 e. The summed E-state index contributed by atoms with van der Waals surface area (Å²) >= 11 is 0. The van der Waals surface area contributed by atoms with Crippen molar-refractivity contribution < 1.29 is 8.83 Å². The Morgan fingerprint density at radius 2 is 0.552 bits per heavy atom. The third-order valence-electron chi connectivity index (χ3n) is 28.5. The van der Waals surface area contributed by atoms with Crippen molar-refractivity contribution in [2.24, 2.45) is 0 Å². The van der Waals surface area contributed by atoms with Gasteiger partial charge >= 0.3 is 0 Å². The Hall–Kier alpha value is -14.9. The van der Waals surface area contributed by atoms with Crippen molar-refractivity contribution in [1.82, 2.24) is 9.13 Å². The van der Waals surface area contributed by atoms with Gasteiger partial charge in [0.1, 0.15) is 22.3 Å². The standard InChI is InChI=1S/C118H83BN4O2/c1-116(2,3)74-58-87(66-24-12-10-13-25-66)114(89(60-74)72-40-48-81-79-32-16-18-38-101(79)124-103(81)56-72)122-97-64-77(120-93-52-42-68-28-20-34-83-84-35-21-29-69-43-53-94(120)110(106(69)84)109(93)105(68)83)46-50-91(97)119-92-51-47-78(121-95-54-44-70-30-22-36-85-86-37-23-31-71-45-55-96(121)112(108(71)86)111(95)107(70)85)65-98(92)123(100-63-76(118(7,8)9)62-99(122)113(100)119)115-88(67-26-14-11-15-27-67)59-75(117(4,5)6)61-90(115)73-41-49-82-80-33-17-19-39-102(80)125-104(82)57-73/h10-65H,1-9H3. The van der Waals surface area contributed by atoms with Gasteiger partial charge in [0.2, 0.25) is 0 Å². The number of furan rings is 2. The lowest BCUT2D eigenvalue weighted by Gasteiger charge is -2.47. The first-order chi connectivity index (χ1) is 60.9. The van der Waals surface area contributed by atoms with Gasteiger partial charge in [0, 0.05) is 99.5 Å². The molecule has 0 radical (unpaired) electrons. The van der Waals surface area contributed by atoms with Crippen LogP contribution in [0, 0.1) is 0 Å². The normalized spacial score (nSPS) is 13.4. The van der Waals surface area contributed by atoms with Crippen molar-refractivity contribution in [2.45, 2.75) is 78.6 Å². The van der Waals surface area contributed by atoms with Crippen LogP contribution in [0.5, 0.6) is 0 Å². The van der Waals surface area contributed by atoms with Gasteiger partial charge in [-0.15, -0.1) is 0 Å². The zero-order valence-corrected chi connectivity index (χ0v) is 71.0. The van der Waals surface area contributed by atoms with E-state index in [1.165, 1.54) is 141 Å². The fraction of sp³-hybridized carbons (Fsp3) is 0.102. The van der Waals surface area contributed by atoms with Crippen LogP contribution in [0.4, 0.5) is 34.1 Å². The van der Waals surface area contributed by atoms with Crippen LogP contribution in [0.15, 0.2) is 349 Å². The Kier molecular flexibility index (Phi) is 14.1. The summed E-state index contributed by atoms with van der Waals surface area (Å²) in [5.74, 6) is 0. The van der Waals surface area contributed by atoms with Crippen LogP contribution in [-0.2, 0) is 16.2 Å². The molecule has 25 aromatic rings. The summed E-state index contributed by atoms with van der Waals surface area (Å²) in [6.45, 7) is 21.1. The van der Waals surface area contributed by atoms with Gasteiger partial charge in [-0.25, -0.2) is 0 Å². The van der Waals surface area contributed by atoms with Gasteiger partial charge in [0.25, 0.3) is 6.71 Å². The van der Waals surface area contributed by atoms with Crippen molar-refractivity contribution in [3.63, 3.8) is 0 Å². The maximum absolute atomic E-state index is 7.03. The van der Waals surface area contributed by atoms with E-state index in [9.17, 15) is 0 Å². The molecule has 0 saturated heterocycles. The summed E-state index contributed by atoms with van der Waals surface area (Å²) in [4.78, 5) is 5.52. The van der Waals surface area contributed by atoms with Crippen LogP contribution in [-0.4, -0.2) is 15.8 Å². The zero-order chi connectivity index (χ0) is 83.3. The van der Waals surface area contributed by atoms with Crippen LogP contribution in [0.1, 0.15) is 79.0 Å². The van der Waals surface area contributed by atoms with Crippen LogP contribution < -0.4 is 26.2 Å². The average molecular weight is 1600 g/mol. The molecule has 27 rings (SSSR count). The van der Waals surface area contributed by atoms with Crippen LogP contribution in [0.2, 0.25) is 0 Å². The lowest BCUT2D eigenvalue weighted by molar-refractivity contribution is 0.590. The van der Waals surface area contributed by atoms with Crippen molar-refractivity contribution >= 4 is 209 Å². The average Bonchev–Trinajstić information content (AvgIpc) is 1.67. The number of fused-ring (bicyclic) bond motifs is 12. The Morgan fingerprint density at radius 1 is 0.232 bits per heavy atom. The third-order valence-corrected chi connectivity index (χ3v) is 28.5. The van der Waals surface area contributed by atoms with Gasteiger partial charge in [-0.2, -0.15) is 0 Å². The van der Waals surface area contributed by atoms with E-state index in [4.69, 9.17) is 8.83 Å². The Labute approximate surface area is 723 Å². The summed E-state index contributed by atoms with van der Waals surface area (Å²) in [5.41, 5.74) is 32.1. The molecule has 2 aliphatic rings. The number of nitrogens with zero attached hydrogens (tertiary/aromatic N) is 4. The molecule has 0 amide bonds. The summed E-state index contributed by atoms with van der Waals surface area (Å²) in [6, 6.07) is 131. The molecule has 0 spiro atoms. The Morgan fingerprint density at radius 3 is 0.912 bits per heavy atom. The number of benzene rings is 21. The van der Waals surface area contributed by atoms with E-state index in [0.29, 0.717) is 0 Å². The van der Waals surface area contributed by atoms with Crippen molar-refractivity contribution in [3.8, 4) is 55.9 Å². The Bertz CT molecular complexity index is 8230. The molecule has 21 aromatic carbocycles. The van der Waals surface area contributed by atoms with Gasteiger partial charge in [0.15, 0.2) is 0 Å². The molecular weight excluding hydrogens is 1520 g/mol. The smallest absolute Gasteiger partial charge is 0.252 e. The summed E-state index contributed by atoms with van der Waals surface area (Å²) in [5, 5.41) is 24.9. The molecule has 7 heteroatoms. The second-order valence-corrected chi connectivity index (χ2v) is 38.6. The molecule has 0 fully saturated rings. The minimum absolute atomic E-state index is 0.282. The monoisotopic (exact) mass is 1600 g/mol. The fourth-order valence-electron chi connectivity index (χ4n) is 22.6. The molecule has 0 bridgehead atoms. The van der Waals surface area contributed by atoms with E-state index in [0.717, 1.165) is 134 Å². The van der Waals surface area contributed by atoms with Gasteiger partial charge in [-0.05, 0) is 258 Å². The van der Waals surface area contributed by atoms with Gasteiger partial charge < -0.3 is 27.8 Å². The minimum atomic E-state index is -0.416. The lowest BCUT2D eigenvalue weighted by Crippen LogP contribution is -2.61. The first-order valence-electron chi connectivity index (χ1n) is 44.1. The molecule has 4 aromatic heterocycles. The highest BCUT2D eigenvalue weighted by molar-refractivity contribution is 7.00. The zero-order valence-electron chi connectivity index (χ0n) is 71.0. The number of anilines is 6. The molecule has 125 heavy (non-hydrogen) atoms. The number of rotatable bonds is 8. The van der Waals surface area contributed by atoms with Crippen molar-refractivity contribution in [3.05, 3.63) is 356 Å². The maximum atomic E-state index is 7.03. The van der Waals surface area contributed by atoms with E-state index in [-0.39, 0.29) is 17.5 Å². The number of hydrogen-bond donors (Lipinski definition) is 0. The molecule has 0 atom stereocenters. The second kappa shape index (κ2) is 24.9. The molecule has 6 nitrogen and oxygen atoms in total. The topological polar surface area (TPSA) is 42.6 Å². The molecule has 0 N–H and O–H groups in total. The first-order valence-corrected chi connectivity index (χ1v) is 44.1. The quantitative estimate of drug-likeness (QED) is 0.0864. The number of para-hydroxylation sites is 2. The highest BCUT2D eigenvalue weighted by Gasteiger charge is 2.47. The number of aromatic nitrogens is 2. The highest BCUT2D eigenvalue weighted by Crippen LogP contribution is 2.58. The fourth-order valence-corrected chi connectivity index (χ4v) is 22.6. The van der Waals surface area contributed by atoms with Gasteiger partial charge in [-0.3, -0.25) is 0 Å². The first kappa shape index (κ1) is 70.7. The van der Waals surface area contributed by atoms with Crippen LogP contribution >= 0.6 is 0 Å². The SMILES string of the molecule is CC(C)(C)c1cc(-c2ccccc2)c(N2c3cc(-n4c5ccc6cccc7c8cccc9ccc4c(c98)c5c67)ccc3B3c4ccc(-n5c6ccc7cccc8c9cccc%10ccc5c(c%109)c6c78)cc4N(c4c(-c5ccccc5)cc(C(C)(C)C)cc4-c4ccc5c(c4)oc4ccccc45)c4cc(C(C)(C)C)cc2c43)c(-c2ccc3c(c2)oc2ccccc23)c1. The minimum Gasteiger partial charge on any atom is -0.456 e. The summed E-state index contributed by atoms with van der Waals surface area (Å²) in [6.07, 6.45) is 0. The Balaban J connectivity index is 0.823. The van der Waals surface area contributed by atoms with E-state index < -0.39 is 5.41 Å². The summed E-state index contributed by atoms with van der Waals surface area (Å²) < 4.78 is 19.3. The second-order valence-electron chi connectivity index (χ2n) is 38.6. The predicted octanol–water partition coefficient (Wildman–Crippen LogP) is 31.0. The highest BCUT2D eigenvalue weighted by atomic mass is 16.3. The molecule has 590 valence electrons. The molecule has 0 aliphatic carbocycles. The van der Waals surface area contributed by atoms with E-state index in [1.54, 1.807) is 0 Å². The van der Waals surface area contributed by atoms with E-state index in [1.807, 2.05) is 0 Å². The molecule has 0 unspecified atom stereocenters. The summed E-state index contributed by atoms with van der Waals surface area (Å²) in [7, 11) is 0. The molecule has 2 aliphatic heterocycles. The van der Waals surface area contributed by atoms with Crippen molar-refractivity contribution in [2.75, 3.05) is 9.80 Å². The third kappa shape index (κ3) is 9.81. The van der Waals surface area contributed by atoms with Crippen LogP contribution in [0.3, 0.4) is 0 Å². The molecule has 0 saturated carbocycles. The van der Waals surface area contributed by atoms with Gasteiger partial charge in [-0.1, -0.05) is 281 Å². The van der Waals surface area contributed by atoms with E-state index in [2.05, 4.69) is 421 Å². The number of hydrogen-bond acceptors (Lipinski definition) is 4.